The minimum Gasteiger partial charge on any atom is -0.454 e. The normalized spacial score (nSPS) is 49.1. The highest BCUT2D eigenvalue weighted by Crippen LogP contribution is 2.80. The summed E-state index contributed by atoms with van der Waals surface area (Å²) in [6, 6.07) is 6.23. The van der Waals surface area contributed by atoms with Crippen molar-refractivity contribution in [1.82, 2.24) is 4.90 Å². The van der Waals surface area contributed by atoms with Gasteiger partial charge >= 0.3 is 5.97 Å². The summed E-state index contributed by atoms with van der Waals surface area (Å²) in [4.78, 5) is 28.1. The topological polar surface area (TPSA) is 147 Å². The number of nitrogens with one attached hydrogen (secondary N) is 1. The number of nitrogens with zero attached hydrogens (tertiary/aromatic N) is 1. The number of piperidine rings is 1. The van der Waals surface area contributed by atoms with Gasteiger partial charge in [0, 0.05) is 64.4 Å². The molecule has 236 valence electrons. The van der Waals surface area contributed by atoms with Gasteiger partial charge in [-0.2, -0.15) is 0 Å². The Morgan fingerprint density at radius 1 is 1.05 bits per heavy atom. The Labute approximate surface area is 251 Å². The number of carbonyl (C=O) groups is 2. The summed E-state index contributed by atoms with van der Waals surface area (Å²) in [6.45, 7) is 4.30. The third-order valence-electron chi connectivity index (χ3n) is 12.7. The second-order valence-electron chi connectivity index (χ2n) is 13.9. The molecule has 7 rings (SSSR count). The van der Waals surface area contributed by atoms with Crippen molar-refractivity contribution in [2.75, 3.05) is 39.7 Å². The molecule has 1 spiro atoms. The molecule has 1 saturated heterocycles. The number of anilines is 1. The number of likely N-dealkylation sites (N-methyl/N-ethyl adjacent to an activating group) is 1. The third kappa shape index (κ3) is 3.24. The van der Waals surface area contributed by atoms with Crippen LogP contribution in [-0.2, 0) is 23.7 Å². The van der Waals surface area contributed by atoms with Crippen LogP contribution in [0.5, 0.6) is 0 Å². The van der Waals surface area contributed by atoms with Gasteiger partial charge in [-0.25, -0.2) is 4.79 Å². The Bertz CT molecular complexity index is 1340. The summed E-state index contributed by atoms with van der Waals surface area (Å²) in [6.07, 6.45) is 0.245. The van der Waals surface area contributed by atoms with E-state index in [0.717, 1.165) is 0 Å². The highest BCUT2D eigenvalue weighted by atomic mass is 16.6. The minimum atomic E-state index is -1.93. The number of fused-ring (bicyclic) bond motifs is 2. The maximum atomic E-state index is 14.0. The maximum Gasteiger partial charge on any atom is 0.340 e. The molecule has 1 heterocycles. The minimum absolute atomic E-state index is 0.0723. The van der Waals surface area contributed by atoms with Crippen LogP contribution < -0.4 is 5.32 Å². The van der Waals surface area contributed by atoms with Crippen molar-refractivity contribution in [2.24, 2.45) is 23.2 Å². The molecule has 5 saturated carbocycles. The summed E-state index contributed by atoms with van der Waals surface area (Å²) in [7, 11) is 4.82. The average molecular weight is 601 g/mol. The fourth-order valence-electron chi connectivity index (χ4n) is 11.6. The largest absolute Gasteiger partial charge is 0.454 e. The number of esters is 1. The van der Waals surface area contributed by atoms with E-state index < -0.39 is 63.9 Å². The number of carbonyl (C=O) groups excluding carboxylic acids is 2. The Balaban J connectivity index is 1.41. The lowest BCUT2D eigenvalue weighted by molar-refractivity contribution is -0.369. The summed E-state index contributed by atoms with van der Waals surface area (Å²) < 4.78 is 24.8. The molecule has 12 atom stereocenters. The number of hydrogen-bond acceptors (Lipinski definition) is 10. The molecule has 4 N–H and O–H groups in total. The first-order chi connectivity index (χ1) is 20.4. The van der Waals surface area contributed by atoms with E-state index in [1.54, 1.807) is 45.6 Å². The van der Waals surface area contributed by atoms with Gasteiger partial charge in [-0.05, 0) is 44.4 Å². The van der Waals surface area contributed by atoms with Crippen molar-refractivity contribution in [3.63, 3.8) is 0 Å². The van der Waals surface area contributed by atoms with Gasteiger partial charge in [-0.15, -0.1) is 0 Å². The molecule has 6 fully saturated rings. The van der Waals surface area contributed by atoms with E-state index in [-0.39, 0.29) is 36.3 Å². The van der Waals surface area contributed by atoms with Gasteiger partial charge in [0.15, 0.2) is 0 Å². The molecule has 0 radical (unpaired) electrons. The second-order valence-corrected chi connectivity index (χ2v) is 13.9. The monoisotopic (exact) mass is 600 g/mol. The zero-order valence-electron chi connectivity index (χ0n) is 25.5. The van der Waals surface area contributed by atoms with E-state index in [1.165, 1.54) is 6.92 Å². The van der Waals surface area contributed by atoms with Gasteiger partial charge in [-0.3, -0.25) is 9.69 Å². The average Bonchev–Trinajstić information content (AvgIpc) is 3.36. The van der Waals surface area contributed by atoms with E-state index in [9.17, 15) is 24.9 Å². The number of benzene rings is 1. The number of ether oxygens (including phenoxy) is 4. The SMILES string of the molecule is CCN1C[C@]2(OC(=O)c3ccccc3NC(C)=O)CC[C@H](OC)[C@]34[C@@H]2C[C@@](O)([C@@H]13)[C@@]1(O)C[C@H](OC)[C@H]2C[C@@H]4[C@]1(O)[C@H]2OC. The molecule has 11 nitrogen and oxygen atoms in total. The van der Waals surface area contributed by atoms with E-state index in [0.29, 0.717) is 38.0 Å². The highest BCUT2D eigenvalue weighted by Gasteiger charge is 2.93. The number of para-hydroxylation sites is 1. The number of methoxy groups -OCH3 is 3. The lowest BCUT2D eigenvalue weighted by atomic mass is 9.43. The van der Waals surface area contributed by atoms with Crippen LogP contribution in [0, 0.1) is 23.2 Å². The zero-order valence-corrected chi connectivity index (χ0v) is 25.5. The van der Waals surface area contributed by atoms with Crippen molar-refractivity contribution in [3.8, 4) is 0 Å². The van der Waals surface area contributed by atoms with Gasteiger partial charge in [0.1, 0.15) is 22.4 Å². The molecule has 5 aliphatic carbocycles. The van der Waals surface area contributed by atoms with Crippen molar-refractivity contribution in [1.29, 1.82) is 0 Å². The van der Waals surface area contributed by atoms with E-state index >= 15 is 0 Å². The first-order valence-electron chi connectivity index (χ1n) is 15.5. The van der Waals surface area contributed by atoms with Gasteiger partial charge in [-0.1, -0.05) is 19.1 Å². The molecule has 0 unspecified atom stereocenters. The third-order valence-corrected chi connectivity index (χ3v) is 12.7. The molecule has 43 heavy (non-hydrogen) atoms. The van der Waals surface area contributed by atoms with E-state index in [2.05, 4.69) is 10.2 Å². The fraction of sp³-hybridized carbons (Fsp3) is 0.750. The number of amides is 1. The summed E-state index contributed by atoms with van der Waals surface area (Å²) >= 11 is 0. The maximum absolute atomic E-state index is 14.0. The molecular formula is C32H44N2O9. The molecule has 1 aromatic carbocycles. The fourth-order valence-corrected chi connectivity index (χ4v) is 11.6. The molecule has 1 aromatic rings. The molecule has 11 heteroatoms. The van der Waals surface area contributed by atoms with Crippen LogP contribution in [0.4, 0.5) is 5.69 Å². The van der Waals surface area contributed by atoms with Crippen molar-refractivity contribution in [3.05, 3.63) is 29.8 Å². The predicted molar refractivity (Wildman–Crippen MR) is 153 cm³/mol. The zero-order chi connectivity index (χ0) is 30.7. The second kappa shape index (κ2) is 9.45. The molecule has 0 aromatic heterocycles. The molecule has 6 aliphatic rings. The number of rotatable bonds is 7. The molecular weight excluding hydrogens is 556 g/mol. The van der Waals surface area contributed by atoms with Crippen LogP contribution in [0.3, 0.4) is 0 Å². The smallest absolute Gasteiger partial charge is 0.340 e. The Hall–Kier alpha value is -2.12. The van der Waals surface area contributed by atoms with Crippen molar-refractivity contribution in [2.45, 2.75) is 92.7 Å². The highest BCUT2D eigenvalue weighted by molar-refractivity contribution is 6.00. The van der Waals surface area contributed by atoms with E-state index in [4.69, 9.17) is 18.9 Å². The van der Waals surface area contributed by atoms with Crippen molar-refractivity contribution < 1.29 is 43.9 Å². The van der Waals surface area contributed by atoms with Crippen LogP contribution in [0.1, 0.15) is 56.3 Å². The first-order valence-corrected chi connectivity index (χ1v) is 15.5. The van der Waals surface area contributed by atoms with Crippen molar-refractivity contribution >= 4 is 17.6 Å². The van der Waals surface area contributed by atoms with E-state index in [1.807, 2.05) is 6.92 Å². The number of aliphatic hydroxyl groups is 3. The lowest BCUT2D eigenvalue weighted by Gasteiger charge is -2.71. The van der Waals surface area contributed by atoms with Crippen LogP contribution in [-0.4, -0.2) is 113 Å². The van der Waals surface area contributed by atoms with Crippen LogP contribution >= 0.6 is 0 Å². The molecule has 1 aliphatic heterocycles. The van der Waals surface area contributed by atoms with Crippen LogP contribution in [0.2, 0.25) is 0 Å². The Kier molecular flexibility index (Phi) is 6.50. The van der Waals surface area contributed by atoms with Gasteiger partial charge < -0.3 is 39.6 Å². The van der Waals surface area contributed by atoms with Crippen LogP contribution in [0.25, 0.3) is 0 Å². The van der Waals surface area contributed by atoms with Gasteiger partial charge in [0.25, 0.3) is 0 Å². The number of hydrogen-bond donors (Lipinski definition) is 4. The summed E-state index contributed by atoms with van der Waals surface area (Å²) in [5, 5.41) is 41.5. The predicted octanol–water partition coefficient (Wildman–Crippen LogP) is 1.34. The summed E-state index contributed by atoms with van der Waals surface area (Å²) in [5.74, 6) is -1.97. The Morgan fingerprint density at radius 2 is 1.79 bits per heavy atom. The van der Waals surface area contributed by atoms with Crippen LogP contribution in [0.15, 0.2) is 24.3 Å². The Morgan fingerprint density at radius 3 is 2.44 bits per heavy atom. The molecule has 7 bridgehead atoms. The quantitative estimate of drug-likeness (QED) is 0.338. The standard InChI is InChI=1S/C32H44N2O9/c1-6-34-16-28(43-26(36)18-9-7-8-10-20(18)33-17(2)35)12-11-24(41-4)31-22-13-19-21(40-3)14-30(38,32(22,39)25(19)42-5)29(37,27(31)34)15-23(28)31/h7-10,19,21-25,27,37-39H,6,11-16H2,1-5H3,(H,33,35)/t19-,21+,22+,23-,24+,25+,27-,28-,29-,30+,31+,32+/m1/s1. The number of likely N-dealkylation sites (tertiary alicyclic amines) is 1. The lowest BCUT2D eigenvalue weighted by Crippen LogP contribution is -2.87. The summed E-state index contributed by atoms with van der Waals surface area (Å²) in [5.41, 5.74) is -6.72. The van der Waals surface area contributed by atoms with Gasteiger partial charge in [0.05, 0.1) is 35.6 Å². The molecule has 1 amide bonds. The first kappa shape index (κ1) is 29.6. The van der Waals surface area contributed by atoms with Gasteiger partial charge in [0.2, 0.25) is 5.91 Å².